The smallest absolute Gasteiger partial charge is 0.306 e. The van der Waals surface area contributed by atoms with Crippen LogP contribution in [0.3, 0.4) is 0 Å². The quantitative estimate of drug-likeness (QED) is 0.0553. The van der Waals surface area contributed by atoms with Gasteiger partial charge >= 0.3 is 11.9 Å². The third kappa shape index (κ3) is 35.4. The highest BCUT2D eigenvalue weighted by molar-refractivity contribution is 5.69. The first-order valence-electron chi connectivity index (χ1n) is 20.0. The van der Waals surface area contributed by atoms with Crippen LogP contribution in [0.15, 0.2) is 0 Å². The Morgan fingerprint density at radius 3 is 1.05 bits per heavy atom. The largest absolute Gasteiger partial charge is 0.481 e. The van der Waals surface area contributed by atoms with E-state index in [1.807, 2.05) is 0 Å². The lowest BCUT2D eigenvalue weighted by atomic mass is 10.0. The lowest BCUT2D eigenvalue weighted by Crippen LogP contribution is -2.18. The van der Waals surface area contributed by atoms with Crippen molar-refractivity contribution < 1.29 is 19.4 Å². The summed E-state index contributed by atoms with van der Waals surface area (Å²) in [4.78, 5) is 23.4. The Kier molecular flexibility index (Phi) is 35.5. The van der Waals surface area contributed by atoms with Crippen LogP contribution in [0.1, 0.15) is 239 Å². The van der Waals surface area contributed by atoms with Gasteiger partial charge in [0.15, 0.2) is 0 Å². The third-order valence-corrected chi connectivity index (χ3v) is 9.33. The number of hydrogen-bond acceptors (Lipinski definition) is 3. The molecule has 0 aliphatic carbocycles. The molecule has 4 nitrogen and oxygen atoms in total. The molecule has 0 aliphatic heterocycles. The Morgan fingerprint density at radius 2 is 0.705 bits per heavy atom. The summed E-state index contributed by atoms with van der Waals surface area (Å²) in [5, 5.41) is 9.00. The van der Waals surface area contributed by atoms with Gasteiger partial charge in [-0.1, -0.05) is 194 Å². The lowest BCUT2D eigenvalue weighted by Gasteiger charge is -2.18. The zero-order valence-electron chi connectivity index (χ0n) is 30.0. The van der Waals surface area contributed by atoms with E-state index in [2.05, 4.69) is 13.8 Å². The van der Waals surface area contributed by atoms with E-state index >= 15 is 0 Å². The zero-order valence-corrected chi connectivity index (χ0v) is 30.0. The molecule has 1 atom stereocenters. The van der Waals surface area contributed by atoms with Crippen molar-refractivity contribution in [3.8, 4) is 0 Å². The summed E-state index contributed by atoms with van der Waals surface area (Å²) in [6.07, 6.45) is 42.7. The van der Waals surface area contributed by atoms with E-state index in [1.54, 1.807) is 0 Å². The van der Waals surface area contributed by atoms with E-state index in [0.717, 1.165) is 25.7 Å². The van der Waals surface area contributed by atoms with E-state index in [9.17, 15) is 9.59 Å². The standard InChI is InChI=1S/C40H78O4/c1-3-5-7-9-11-13-15-16-17-18-19-20-21-22-24-26-28-30-32-37-40(43)44-38(35-33-36-39(41)42)34-31-29-27-25-23-14-12-10-8-6-4-2/h38H,3-37H2,1-2H3,(H,41,42). The summed E-state index contributed by atoms with van der Waals surface area (Å²) in [5.41, 5.74) is 0. The molecule has 0 aliphatic rings. The van der Waals surface area contributed by atoms with Gasteiger partial charge in [-0.3, -0.25) is 9.59 Å². The maximum absolute atomic E-state index is 12.5. The number of esters is 1. The van der Waals surface area contributed by atoms with Crippen molar-refractivity contribution in [1.82, 2.24) is 0 Å². The average molecular weight is 623 g/mol. The summed E-state index contributed by atoms with van der Waals surface area (Å²) in [5.74, 6) is -0.848. The SMILES string of the molecule is CCCCCCCCCCCCCCCCCCCCCC(=O)OC(CCCCCCCCCCCCC)CCCC(=O)O. The van der Waals surface area contributed by atoms with Crippen molar-refractivity contribution in [1.29, 1.82) is 0 Å². The maximum atomic E-state index is 12.5. The van der Waals surface area contributed by atoms with Crippen molar-refractivity contribution in [3.05, 3.63) is 0 Å². The molecular formula is C40H78O4. The van der Waals surface area contributed by atoms with Crippen LogP contribution < -0.4 is 0 Å². The Bertz CT molecular complexity index is 590. The fraction of sp³-hybridized carbons (Fsp3) is 0.950. The molecule has 1 unspecified atom stereocenters. The van der Waals surface area contributed by atoms with Crippen LogP contribution in [-0.4, -0.2) is 23.1 Å². The number of carbonyl (C=O) groups excluding carboxylic acids is 1. The molecule has 0 aromatic carbocycles. The molecule has 0 spiro atoms. The van der Waals surface area contributed by atoms with Crippen LogP contribution in [0.4, 0.5) is 0 Å². The van der Waals surface area contributed by atoms with Crippen molar-refractivity contribution >= 4 is 11.9 Å². The highest BCUT2D eigenvalue weighted by Crippen LogP contribution is 2.18. The summed E-state index contributed by atoms with van der Waals surface area (Å²) < 4.78 is 5.83. The van der Waals surface area contributed by atoms with Crippen molar-refractivity contribution in [2.24, 2.45) is 0 Å². The van der Waals surface area contributed by atoms with Gasteiger partial charge in [0.2, 0.25) is 0 Å². The van der Waals surface area contributed by atoms with Gasteiger partial charge < -0.3 is 9.84 Å². The number of unbranched alkanes of at least 4 members (excludes halogenated alkanes) is 28. The molecular weight excluding hydrogens is 544 g/mol. The Labute approximate surface area is 275 Å². The Morgan fingerprint density at radius 1 is 0.409 bits per heavy atom. The van der Waals surface area contributed by atoms with E-state index in [1.165, 1.54) is 173 Å². The summed E-state index contributed by atoms with van der Waals surface area (Å²) >= 11 is 0. The van der Waals surface area contributed by atoms with Crippen LogP contribution in [0.2, 0.25) is 0 Å². The minimum atomic E-state index is -0.765. The molecule has 0 saturated carbocycles. The van der Waals surface area contributed by atoms with Crippen molar-refractivity contribution in [3.63, 3.8) is 0 Å². The number of carboxylic acid groups (broad SMARTS) is 1. The highest BCUT2D eigenvalue weighted by atomic mass is 16.5. The molecule has 262 valence electrons. The summed E-state index contributed by atoms with van der Waals surface area (Å²) in [6, 6.07) is 0. The normalized spacial score (nSPS) is 12.0. The molecule has 44 heavy (non-hydrogen) atoms. The molecule has 0 aromatic heterocycles. The molecule has 0 bridgehead atoms. The molecule has 0 heterocycles. The molecule has 0 fully saturated rings. The Balaban J connectivity index is 3.69. The van der Waals surface area contributed by atoms with Gasteiger partial charge in [-0.25, -0.2) is 0 Å². The van der Waals surface area contributed by atoms with Crippen LogP contribution in [0.25, 0.3) is 0 Å². The molecule has 4 heteroatoms. The van der Waals surface area contributed by atoms with E-state index in [-0.39, 0.29) is 18.5 Å². The summed E-state index contributed by atoms with van der Waals surface area (Å²) in [6.45, 7) is 4.55. The second-order valence-electron chi connectivity index (χ2n) is 13.8. The first-order chi connectivity index (χ1) is 21.6. The molecule has 0 aromatic rings. The van der Waals surface area contributed by atoms with Gasteiger partial charge in [0.1, 0.15) is 6.10 Å². The second kappa shape index (κ2) is 36.4. The number of aliphatic carboxylic acids is 1. The molecule has 0 radical (unpaired) electrons. The molecule has 0 rings (SSSR count). The van der Waals surface area contributed by atoms with Crippen LogP contribution in [0, 0.1) is 0 Å². The minimum absolute atomic E-state index is 0.0830. The first-order valence-corrected chi connectivity index (χ1v) is 20.0. The highest BCUT2D eigenvalue weighted by Gasteiger charge is 2.15. The Hall–Kier alpha value is -1.06. The van der Waals surface area contributed by atoms with Crippen molar-refractivity contribution in [2.75, 3.05) is 0 Å². The lowest BCUT2D eigenvalue weighted by molar-refractivity contribution is -0.150. The predicted molar refractivity (Wildman–Crippen MR) is 190 cm³/mol. The van der Waals surface area contributed by atoms with Crippen LogP contribution in [0.5, 0.6) is 0 Å². The monoisotopic (exact) mass is 623 g/mol. The van der Waals surface area contributed by atoms with Gasteiger partial charge in [0.25, 0.3) is 0 Å². The predicted octanol–water partition coefficient (Wildman–Crippen LogP) is 13.7. The zero-order chi connectivity index (χ0) is 32.2. The van der Waals surface area contributed by atoms with Crippen LogP contribution >= 0.6 is 0 Å². The fourth-order valence-corrected chi connectivity index (χ4v) is 6.37. The number of rotatable bonds is 37. The van der Waals surface area contributed by atoms with Gasteiger partial charge in [0, 0.05) is 12.8 Å². The maximum Gasteiger partial charge on any atom is 0.306 e. The van der Waals surface area contributed by atoms with Gasteiger partial charge in [-0.15, -0.1) is 0 Å². The van der Waals surface area contributed by atoms with Crippen molar-refractivity contribution in [2.45, 2.75) is 245 Å². The average Bonchev–Trinajstić information content (AvgIpc) is 3.00. The minimum Gasteiger partial charge on any atom is -0.481 e. The first kappa shape index (κ1) is 42.9. The van der Waals surface area contributed by atoms with E-state index in [0.29, 0.717) is 19.3 Å². The number of carboxylic acids is 1. The third-order valence-electron chi connectivity index (χ3n) is 9.33. The van der Waals surface area contributed by atoms with E-state index < -0.39 is 5.97 Å². The number of ether oxygens (including phenoxy) is 1. The topological polar surface area (TPSA) is 63.6 Å². The van der Waals surface area contributed by atoms with Gasteiger partial charge in [-0.2, -0.15) is 0 Å². The number of hydrogen-bond donors (Lipinski definition) is 1. The number of carbonyl (C=O) groups is 2. The molecule has 1 N–H and O–H groups in total. The van der Waals surface area contributed by atoms with E-state index in [4.69, 9.17) is 9.84 Å². The molecule has 0 amide bonds. The van der Waals surface area contributed by atoms with Gasteiger partial charge in [0.05, 0.1) is 0 Å². The van der Waals surface area contributed by atoms with Gasteiger partial charge in [-0.05, 0) is 32.1 Å². The fourth-order valence-electron chi connectivity index (χ4n) is 6.37. The second-order valence-corrected chi connectivity index (χ2v) is 13.8. The summed E-state index contributed by atoms with van der Waals surface area (Å²) in [7, 11) is 0. The van der Waals surface area contributed by atoms with Crippen LogP contribution in [-0.2, 0) is 14.3 Å². The molecule has 0 saturated heterocycles.